The molecule has 5 nitrogen and oxygen atoms in total. The number of aliphatic carboxylic acids is 1. The Labute approximate surface area is 96.4 Å². The zero-order valence-electron chi connectivity index (χ0n) is 10.2. The van der Waals surface area contributed by atoms with Crippen molar-refractivity contribution in [1.82, 2.24) is 5.32 Å². The number of carbonyl (C=O) groups is 2. The van der Waals surface area contributed by atoms with E-state index in [0.29, 0.717) is 12.8 Å². The minimum atomic E-state index is -1.01. The van der Waals surface area contributed by atoms with Crippen LogP contribution in [0.25, 0.3) is 0 Å². The van der Waals surface area contributed by atoms with Gasteiger partial charge in [-0.2, -0.15) is 0 Å². The van der Waals surface area contributed by atoms with Crippen LogP contribution < -0.4 is 11.1 Å². The summed E-state index contributed by atoms with van der Waals surface area (Å²) in [5.41, 5.74) is 5.60. The molecule has 0 unspecified atom stereocenters. The van der Waals surface area contributed by atoms with E-state index in [1.165, 1.54) is 0 Å². The predicted molar refractivity (Wildman–Crippen MR) is 61.9 cm³/mol. The molecule has 0 aromatic heterocycles. The first-order valence-electron chi connectivity index (χ1n) is 5.67. The minimum Gasteiger partial charge on any atom is -0.480 e. The highest BCUT2D eigenvalue weighted by Crippen LogP contribution is 2.05. The van der Waals surface area contributed by atoms with Gasteiger partial charge in [-0.1, -0.05) is 27.2 Å². The van der Waals surface area contributed by atoms with Crippen molar-refractivity contribution < 1.29 is 14.7 Å². The fraction of sp³-hybridized carbons (Fsp3) is 0.818. The van der Waals surface area contributed by atoms with E-state index >= 15 is 0 Å². The van der Waals surface area contributed by atoms with Gasteiger partial charge in [-0.25, -0.2) is 4.79 Å². The minimum absolute atomic E-state index is 0.212. The van der Waals surface area contributed by atoms with Crippen LogP contribution in [-0.4, -0.2) is 29.1 Å². The van der Waals surface area contributed by atoms with Crippen LogP contribution in [0.3, 0.4) is 0 Å². The fourth-order valence-electron chi connectivity index (χ4n) is 1.41. The number of carbonyl (C=O) groups excluding carboxylic acids is 1. The molecule has 0 fully saturated rings. The molecule has 0 aliphatic rings. The average Bonchev–Trinajstić information content (AvgIpc) is 2.16. The van der Waals surface area contributed by atoms with Gasteiger partial charge in [-0.3, -0.25) is 4.79 Å². The standard InChI is InChI=1S/C11H22N2O3/c1-4-5-8(12)10(14)13-9(11(15)16)6-7(2)3/h7-9H,4-6,12H2,1-3H3,(H,13,14)(H,15,16)/t8-,9-/m0/s1. The van der Waals surface area contributed by atoms with Gasteiger partial charge in [0.25, 0.3) is 0 Å². The first-order chi connectivity index (χ1) is 7.38. The van der Waals surface area contributed by atoms with E-state index in [4.69, 9.17) is 10.8 Å². The van der Waals surface area contributed by atoms with Crippen LogP contribution >= 0.6 is 0 Å². The molecule has 94 valence electrons. The Kier molecular flexibility index (Phi) is 6.72. The number of carboxylic acid groups (broad SMARTS) is 1. The number of hydrogen-bond acceptors (Lipinski definition) is 3. The maximum atomic E-state index is 11.5. The Bertz CT molecular complexity index is 241. The SMILES string of the molecule is CCC[C@H](N)C(=O)N[C@@H](CC(C)C)C(=O)O. The number of carboxylic acids is 1. The summed E-state index contributed by atoms with van der Waals surface area (Å²) in [6.07, 6.45) is 1.79. The third-order valence-corrected chi connectivity index (χ3v) is 2.26. The van der Waals surface area contributed by atoms with Crippen LogP contribution in [0.15, 0.2) is 0 Å². The number of nitrogens with one attached hydrogen (secondary N) is 1. The lowest BCUT2D eigenvalue weighted by molar-refractivity contribution is -0.142. The normalized spacial score (nSPS) is 14.6. The summed E-state index contributed by atoms with van der Waals surface area (Å²) in [7, 11) is 0. The summed E-state index contributed by atoms with van der Waals surface area (Å²) in [4.78, 5) is 22.4. The molecule has 0 heterocycles. The lowest BCUT2D eigenvalue weighted by Crippen LogP contribution is -2.48. The molecular formula is C11H22N2O3. The van der Waals surface area contributed by atoms with Gasteiger partial charge in [0, 0.05) is 0 Å². The second kappa shape index (κ2) is 7.22. The van der Waals surface area contributed by atoms with E-state index in [1.54, 1.807) is 0 Å². The van der Waals surface area contributed by atoms with Crippen LogP contribution in [0.1, 0.15) is 40.0 Å². The summed E-state index contributed by atoms with van der Waals surface area (Å²) in [5, 5.41) is 11.4. The molecule has 0 rings (SSSR count). The Hall–Kier alpha value is -1.10. The number of rotatable bonds is 7. The van der Waals surface area contributed by atoms with Gasteiger partial charge in [0.15, 0.2) is 0 Å². The van der Waals surface area contributed by atoms with E-state index in [0.717, 1.165) is 6.42 Å². The maximum Gasteiger partial charge on any atom is 0.326 e. The van der Waals surface area contributed by atoms with Crippen LogP contribution in [-0.2, 0) is 9.59 Å². The summed E-state index contributed by atoms with van der Waals surface area (Å²) >= 11 is 0. The summed E-state index contributed by atoms with van der Waals surface area (Å²) < 4.78 is 0. The zero-order valence-corrected chi connectivity index (χ0v) is 10.2. The van der Waals surface area contributed by atoms with Crippen LogP contribution in [0, 0.1) is 5.92 Å². The van der Waals surface area contributed by atoms with Crippen LogP contribution in [0.2, 0.25) is 0 Å². The highest BCUT2D eigenvalue weighted by atomic mass is 16.4. The maximum absolute atomic E-state index is 11.5. The van der Waals surface area contributed by atoms with E-state index in [9.17, 15) is 9.59 Å². The quantitative estimate of drug-likeness (QED) is 0.601. The number of amides is 1. The Morgan fingerprint density at radius 3 is 2.31 bits per heavy atom. The molecule has 0 aliphatic carbocycles. The highest BCUT2D eigenvalue weighted by Gasteiger charge is 2.23. The summed E-state index contributed by atoms with van der Waals surface area (Å²) in [5.74, 6) is -1.18. The topological polar surface area (TPSA) is 92.4 Å². The van der Waals surface area contributed by atoms with Gasteiger partial charge < -0.3 is 16.2 Å². The highest BCUT2D eigenvalue weighted by molar-refractivity contribution is 5.86. The molecular weight excluding hydrogens is 208 g/mol. The smallest absolute Gasteiger partial charge is 0.326 e. The number of hydrogen-bond donors (Lipinski definition) is 3. The van der Waals surface area contributed by atoms with Gasteiger partial charge >= 0.3 is 5.97 Å². The molecule has 0 aromatic rings. The largest absolute Gasteiger partial charge is 0.480 e. The van der Waals surface area contributed by atoms with E-state index in [2.05, 4.69) is 5.32 Å². The molecule has 5 heteroatoms. The third kappa shape index (κ3) is 5.70. The second-order valence-corrected chi connectivity index (χ2v) is 4.42. The van der Waals surface area contributed by atoms with Crippen LogP contribution in [0.4, 0.5) is 0 Å². The first-order valence-corrected chi connectivity index (χ1v) is 5.67. The lowest BCUT2D eigenvalue weighted by Gasteiger charge is -2.18. The number of nitrogens with two attached hydrogens (primary N) is 1. The van der Waals surface area contributed by atoms with Crippen molar-refractivity contribution in [1.29, 1.82) is 0 Å². The van der Waals surface area contributed by atoms with Gasteiger partial charge in [-0.05, 0) is 18.8 Å². The summed E-state index contributed by atoms with van der Waals surface area (Å²) in [6, 6.07) is -1.45. The van der Waals surface area contributed by atoms with E-state index in [-0.39, 0.29) is 11.8 Å². The van der Waals surface area contributed by atoms with Crippen molar-refractivity contribution in [3.63, 3.8) is 0 Å². The van der Waals surface area contributed by atoms with E-state index < -0.39 is 18.1 Å². The molecule has 0 saturated carbocycles. The van der Waals surface area contributed by atoms with Crippen molar-refractivity contribution in [3.05, 3.63) is 0 Å². The van der Waals surface area contributed by atoms with Crippen molar-refractivity contribution in [2.75, 3.05) is 0 Å². The molecule has 4 N–H and O–H groups in total. The predicted octanol–water partition coefficient (Wildman–Crippen LogP) is 0.729. The van der Waals surface area contributed by atoms with Gasteiger partial charge in [0.1, 0.15) is 6.04 Å². The fourth-order valence-corrected chi connectivity index (χ4v) is 1.41. The summed E-state index contributed by atoms with van der Waals surface area (Å²) in [6.45, 7) is 5.75. The van der Waals surface area contributed by atoms with Gasteiger partial charge in [-0.15, -0.1) is 0 Å². The molecule has 0 aliphatic heterocycles. The van der Waals surface area contributed by atoms with Crippen molar-refractivity contribution in [2.45, 2.75) is 52.1 Å². The van der Waals surface area contributed by atoms with Gasteiger partial charge in [0.05, 0.1) is 6.04 Å². The van der Waals surface area contributed by atoms with Crippen molar-refractivity contribution in [3.8, 4) is 0 Å². The average molecular weight is 230 g/mol. The first kappa shape index (κ1) is 14.9. The molecule has 0 aromatic carbocycles. The Morgan fingerprint density at radius 1 is 1.38 bits per heavy atom. The van der Waals surface area contributed by atoms with E-state index in [1.807, 2.05) is 20.8 Å². The Morgan fingerprint density at radius 2 is 1.94 bits per heavy atom. The molecule has 0 spiro atoms. The Balaban J connectivity index is 4.28. The molecule has 0 saturated heterocycles. The van der Waals surface area contributed by atoms with Crippen molar-refractivity contribution in [2.24, 2.45) is 11.7 Å². The molecule has 1 amide bonds. The van der Waals surface area contributed by atoms with Crippen LogP contribution in [0.5, 0.6) is 0 Å². The second-order valence-electron chi connectivity index (χ2n) is 4.42. The lowest BCUT2D eigenvalue weighted by atomic mass is 10.0. The molecule has 0 radical (unpaired) electrons. The zero-order chi connectivity index (χ0) is 12.7. The third-order valence-electron chi connectivity index (χ3n) is 2.26. The molecule has 0 bridgehead atoms. The van der Waals surface area contributed by atoms with Gasteiger partial charge in [0.2, 0.25) is 5.91 Å². The molecule has 2 atom stereocenters. The molecule has 16 heavy (non-hydrogen) atoms. The monoisotopic (exact) mass is 230 g/mol. The van der Waals surface area contributed by atoms with Crippen molar-refractivity contribution >= 4 is 11.9 Å².